The summed E-state index contributed by atoms with van der Waals surface area (Å²) in [6, 6.07) is 0. The van der Waals surface area contributed by atoms with Crippen molar-refractivity contribution in [1.82, 2.24) is 0 Å². The van der Waals surface area contributed by atoms with Crippen molar-refractivity contribution in [2.24, 2.45) is 17.8 Å². The number of aliphatic hydroxyl groups is 1. The Morgan fingerprint density at radius 2 is 2.00 bits per heavy atom. The zero-order chi connectivity index (χ0) is 18.9. The lowest BCUT2D eigenvalue weighted by Crippen LogP contribution is -2.42. The Kier molecular flexibility index (Phi) is 5.83. The number of allylic oxidation sites excluding steroid dienone is 5. The topological polar surface area (TPSA) is 63.6 Å². The second-order valence-electron chi connectivity index (χ2n) is 7.34. The summed E-state index contributed by atoms with van der Waals surface area (Å²) in [5, 5.41) is 10.7. The molecule has 0 fully saturated rings. The highest BCUT2D eigenvalue weighted by Gasteiger charge is 2.46. The highest BCUT2D eigenvalue weighted by molar-refractivity contribution is 6.24. The average molecular weight is 344 g/mol. The van der Waals surface area contributed by atoms with Gasteiger partial charge in [-0.15, -0.1) is 0 Å². The van der Waals surface area contributed by atoms with E-state index in [0.717, 1.165) is 5.57 Å². The predicted octanol–water partition coefficient (Wildman–Crippen LogP) is 3.53. The normalized spacial score (nSPS) is 28.5. The molecule has 0 amide bonds. The van der Waals surface area contributed by atoms with Gasteiger partial charge in [-0.05, 0) is 38.5 Å². The van der Waals surface area contributed by atoms with E-state index < -0.39 is 6.10 Å². The number of aliphatic hydroxyl groups excluding tert-OH is 1. The Labute approximate surface area is 149 Å². The van der Waals surface area contributed by atoms with Gasteiger partial charge in [0.2, 0.25) is 5.78 Å². The van der Waals surface area contributed by atoms with Gasteiger partial charge < -0.3 is 9.84 Å². The van der Waals surface area contributed by atoms with Gasteiger partial charge in [-0.25, -0.2) is 0 Å². The summed E-state index contributed by atoms with van der Waals surface area (Å²) in [7, 11) is 1.42. The number of rotatable bonds is 5. The minimum Gasteiger partial charge on any atom is -0.492 e. The highest BCUT2D eigenvalue weighted by Crippen LogP contribution is 2.44. The summed E-state index contributed by atoms with van der Waals surface area (Å²) < 4.78 is 5.19. The summed E-state index contributed by atoms with van der Waals surface area (Å²) in [6.45, 7) is 11.3. The van der Waals surface area contributed by atoms with E-state index in [1.54, 1.807) is 6.92 Å². The minimum absolute atomic E-state index is 0.0387. The molecule has 0 aliphatic heterocycles. The number of ketones is 2. The van der Waals surface area contributed by atoms with Crippen molar-refractivity contribution >= 4 is 11.6 Å². The molecular weight excluding hydrogens is 316 g/mol. The predicted molar refractivity (Wildman–Crippen MR) is 97.8 cm³/mol. The van der Waals surface area contributed by atoms with Gasteiger partial charge in [-0.1, -0.05) is 38.2 Å². The Hall–Kier alpha value is -1.94. The molecule has 4 heteroatoms. The third kappa shape index (κ3) is 3.54. The lowest BCUT2D eigenvalue weighted by atomic mass is 9.65. The van der Waals surface area contributed by atoms with Crippen LogP contribution in [0.4, 0.5) is 0 Å². The molecule has 0 saturated heterocycles. The number of carbonyl (C=O) groups excluding carboxylic acids is 2. The maximum Gasteiger partial charge on any atom is 0.224 e. The summed E-state index contributed by atoms with van der Waals surface area (Å²) in [6.07, 6.45) is 4.51. The second-order valence-corrected chi connectivity index (χ2v) is 7.34. The van der Waals surface area contributed by atoms with Gasteiger partial charge in [0.25, 0.3) is 0 Å². The molecule has 2 aliphatic rings. The molecule has 1 N–H and O–H groups in total. The van der Waals surface area contributed by atoms with Crippen LogP contribution in [-0.4, -0.2) is 29.9 Å². The van der Waals surface area contributed by atoms with Crippen molar-refractivity contribution in [3.63, 3.8) is 0 Å². The van der Waals surface area contributed by atoms with Crippen LogP contribution in [0, 0.1) is 17.8 Å². The molecule has 4 nitrogen and oxygen atoms in total. The van der Waals surface area contributed by atoms with Gasteiger partial charge in [-0.2, -0.15) is 0 Å². The molecule has 2 rings (SSSR count). The molecule has 0 radical (unpaired) electrons. The molecule has 0 spiro atoms. The summed E-state index contributed by atoms with van der Waals surface area (Å²) in [5.41, 5.74) is 2.31. The van der Waals surface area contributed by atoms with Crippen LogP contribution in [0.1, 0.15) is 40.5 Å². The van der Waals surface area contributed by atoms with E-state index >= 15 is 0 Å². The standard InChI is InChI=1S/C21H28O4/c1-11(2)8-7-9-12(3)16-15(22)10-13(4)17-18(16)19(23)14(5)21(25-6)20(17)24/h7-8,12-13,15-16,22H,1,9-10H2,2-6H3/b8-7+/t12-,13-,15-,16-/m0/s1. The van der Waals surface area contributed by atoms with Crippen molar-refractivity contribution in [2.75, 3.05) is 7.11 Å². The van der Waals surface area contributed by atoms with E-state index in [1.807, 2.05) is 32.9 Å². The van der Waals surface area contributed by atoms with E-state index in [1.165, 1.54) is 7.11 Å². The van der Waals surface area contributed by atoms with Gasteiger partial charge in [0, 0.05) is 22.6 Å². The van der Waals surface area contributed by atoms with Crippen LogP contribution in [0.2, 0.25) is 0 Å². The number of methoxy groups -OCH3 is 1. The lowest BCUT2D eigenvalue weighted by molar-refractivity contribution is -0.121. The molecule has 2 aliphatic carbocycles. The first-order chi connectivity index (χ1) is 11.7. The quantitative estimate of drug-likeness (QED) is 0.612. The number of carbonyl (C=O) groups is 2. The second kappa shape index (κ2) is 7.52. The molecular formula is C21H28O4. The van der Waals surface area contributed by atoms with Crippen molar-refractivity contribution < 1.29 is 19.4 Å². The number of Topliss-reactive ketones (excluding diaryl/α,β-unsaturated/α-hetero) is 2. The summed E-state index contributed by atoms with van der Waals surface area (Å²) in [4.78, 5) is 25.8. The maximum atomic E-state index is 13.0. The van der Waals surface area contributed by atoms with Gasteiger partial charge in [0.05, 0.1) is 13.2 Å². The molecule has 136 valence electrons. The fraction of sp³-hybridized carbons (Fsp3) is 0.524. The largest absolute Gasteiger partial charge is 0.492 e. The molecule has 0 bridgehead atoms. The first kappa shape index (κ1) is 19.4. The van der Waals surface area contributed by atoms with Crippen LogP contribution in [0.5, 0.6) is 0 Å². The monoisotopic (exact) mass is 344 g/mol. The molecule has 0 heterocycles. The van der Waals surface area contributed by atoms with Crippen LogP contribution < -0.4 is 0 Å². The summed E-state index contributed by atoms with van der Waals surface area (Å²) in [5.74, 6) is -0.696. The minimum atomic E-state index is -0.629. The van der Waals surface area contributed by atoms with Gasteiger partial charge >= 0.3 is 0 Å². The summed E-state index contributed by atoms with van der Waals surface area (Å²) >= 11 is 0. The van der Waals surface area contributed by atoms with Crippen LogP contribution in [0.25, 0.3) is 0 Å². The van der Waals surface area contributed by atoms with E-state index in [-0.39, 0.29) is 35.1 Å². The Morgan fingerprint density at radius 1 is 1.36 bits per heavy atom. The fourth-order valence-electron chi connectivity index (χ4n) is 4.02. The Balaban J connectivity index is 2.46. The van der Waals surface area contributed by atoms with Gasteiger partial charge in [-0.3, -0.25) is 9.59 Å². The lowest BCUT2D eigenvalue weighted by Gasteiger charge is -2.40. The molecule has 25 heavy (non-hydrogen) atoms. The molecule has 0 unspecified atom stereocenters. The smallest absolute Gasteiger partial charge is 0.224 e. The third-order valence-electron chi connectivity index (χ3n) is 5.23. The van der Waals surface area contributed by atoms with Crippen molar-refractivity contribution in [2.45, 2.75) is 46.6 Å². The average Bonchev–Trinajstić information content (AvgIpc) is 2.52. The van der Waals surface area contributed by atoms with E-state index in [4.69, 9.17) is 4.74 Å². The first-order valence-electron chi connectivity index (χ1n) is 8.79. The van der Waals surface area contributed by atoms with Crippen LogP contribution >= 0.6 is 0 Å². The molecule has 4 atom stereocenters. The van der Waals surface area contributed by atoms with E-state index in [9.17, 15) is 14.7 Å². The van der Waals surface area contributed by atoms with E-state index in [0.29, 0.717) is 29.6 Å². The molecule has 0 saturated carbocycles. The number of ether oxygens (including phenoxy) is 1. The Morgan fingerprint density at radius 3 is 2.56 bits per heavy atom. The SMILES string of the molecule is C=C(C)/C=C/C[C@H](C)[C@@H]1C2=C(C(=O)C(OC)=C(C)C2=O)[C@@H](C)C[C@@H]1O. The van der Waals surface area contributed by atoms with E-state index in [2.05, 4.69) is 6.58 Å². The fourth-order valence-corrected chi connectivity index (χ4v) is 4.02. The molecule has 0 aromatic rings. The zero-order valence-electron chi connectivity index (χ0n) is 15.8. The molecule has 0 aromatic heterocycles. The highest BCUT2D eigenvalue weighted by atomic mass is 16.5. The van der Waals surface area contributed by atoms with Crippen LogP contribution in [-0.2, 0) is 14.3 Å². The van der Waals surface area contributed by atoms with Crippen molar-refractivity contribution in [3.05, 3.63) is 46.8 Å². The van der Waals surface area contributed by atoms with Crippen molar-refractivity contribution in [1.29, 1.82) is 0 Å². The van der Waals surface area contributed by atoms with Crippen LogP contribution in [0.15, 0.2) is 46.8 Å². The zero-order valence-corrected chi connectivity index (χ0v) is 15.8. The van der Waals surface area contributed by atoms with Gasteiger partial charge in [0.1, 0.15) is 0 Å². The maximum absolute atomic E-state index is 13.0. The van der Waals surface area contributed by atoms with Gasteiger partial charge in [0.15, 0.2) is 11.5 Å². The molecule has 0 aromatic carbocycles. The number of hydrogen-bond acceptors (Lipinski definition) is 4. The third-order valence-corrected chi connectivity index (χ3v) is 5.23. The number of hydrogen-bond donors (Lipinski definition) is 1. The van der Waals surface area contributed by atoms with Crippen LogP contribution in [0.3, 0.4) is 0 Å². The first-order valence-corrected chi connectivity index (χ1v) is 8.79. The Bertz CT molecular complexity index is 693. The van der Waals surface area contributed by atoms with Crippen molar-refractivity contribution in [3.8, 4) is 0 Å².